The van der Waals surface area contributed by atoms with E-state index in [-0.39, 0.29) is 28.3 Å². The SMILES string of the molecule is COC(=O)C1CC2CCCCC2N1C(=O)c1cccc(S(=O)(=O)Nc2ccc(C)cc2)c1. The summed E-state index contributed by atoms with van der Waals surface area (Å²) < 4.78 is 33.4. The van der Waals surface area contributed by atoms with Gasteiger partial charge in [0, 0.05) is 17.3 Å². The van der Waals surface area contributed by atoms with Crippen LogP contribution in [0.3, 0.4) is 0 Å². The number of ether oxygens (including phenoxy) is 1. The van der Waals surface area contributed by atoms with Crippen molar-refractivity contribution >= 4 is 27.6 Å². The first-order valence-corrected chi connectivity index (χ1v) is 12.4. The lowest BCUT2D eigenvalue weighted by Gasteiger charge is -2.33. The van der Waals surface area contributed by atoms with Crippen molar-refractivity contribution in [2.45, 2.75) is 56.0 Å². The van der Waals surface area contributed by atoms with Gasteiger partial charge in [0.1, 0.15) is 6.04 Å². The Morgan fingerprint density at radius 2 is 1.78 bits per heavy atom. The van der Waals surface area contributed by atoms with E-state index in [1.807, 2.05) is 19.1 Å². The molecule has 1 heterocycles. The standard InChI is InChI=1S/C24H28N2O5S/c1-16-10-12-19(13-11-16)25-32(29,30)20-8-5-7-18(14-20)23(27)26-21-9-4-3-6-17(21)15-22(26)24(28)31-2/h5,7-8,10-14,17,21-22,25H,3-4,6,9,15H2,1-2H3. The molecule has 2 aliphatic rings. The molecule has 1 saturated heterocycles. The fourth-order valence-corrected chi connectivity index (χ4v) is 5.98. The van der Waals surface area contributed by atoms with Crippen molar-refractivity contribution in [2.24, 2.45) is 5.92 Å². The van der Waals surface area contributed by atoms with Crippen molar-refractivity contribution in [1.29, 1.82) is 0 Å². The second-order valence-electron chi connectivity index (χ2n) is 8.60. The Morgan fingerprint density at radius 3 is 2.50 bits per heavy atom. The van der Waals surface area contributed by atoms with Crippen LogP contribution in [0.2, 0.25) is 0 Å². The average Bonchev–Trinajstić information content (AvgIpc) is 3.19. The molecule has 170 valence electrons. The van der Waals surface area contributed by atoms with Crippen LogP contribution in [0.25, 0.3) is 0 Å². The lowest BCUT2D eigenvalue weighted by molar-refractivity contribution is -0.145. The van der Waals surface area contributed by atoms with Crippen LogP contribution in [0.5, 0.6) is 0 Å². The summed E-state index contributed by atoms with van der Waals surface area (Å²) >= 11 is 0. The third-order valence-corrected chi connectivity index (χ3v) is 7.87. The van der Waals surface area contributed by atoms with Gasteiger partial charge in [-0.1, -0.05) is 36.6 Å². The Hall–Kier alpha value is -2.87. The molecule has 1 aliphatic carbocycles. The molecule has 1 aliphatic heterocycles. The number of nitrogens with one attached hydrogen (secondary N) is 1. The summed E-state index contributed by atoms with van der Waals surface area (Å²) in [5, 5.41) is 0. The molecule has 8 heteroatoms. The van der Waals surface area contributed by atoms with Gasteiger partial charge in [-0.2, -0.15) is 0 Å². The molecular formula is C24H28N2O5S. The van der Waals surface area contributed by atoms with E-state index in [0.717, 1.165) is 31.2 Å². The van der Waals surface area contributed by atoms with Crippen molar-refractivity contribution in [3.05, 3.63) is 59.7 Å². The van der Waals surface area contributed by atoms with Crippen molar-refractivity contribution in [3.63, 3.8) is 0 Å². The van der Waals surface area contributed by atoms with Crippen molar-refractivity contribution < 1.29 is 22.7 Å². The van der Waals surface area contributed by atoms with Gasteiger partial charge in [0.2, 0.25) is 0 Å². The molecule has 1 saturated carbocycles. The Morgan fingerprint density at radius 1 is 1.06 bits per heavy atom. The van der Waals surface area contributed by atoms with Gasteiger partial charge >= 0.3 is 5.97 Å². The number of nitrogens with zero attached hydrogens (tertiary/aromatic N) is 1. The van der Waals surface area contributed by atoms with Crippen LogP contribution in [0.1, 0.15) is 48.0 Å². The third-order valence-electron chi connectivity index (χ3n) is 6.49. The summed E-state index contributed by atoms with van der Waals surface area (Å²) in [5.74, 6) is -0.480. The maximum atomic E-state index is 13.5. The highest BCUT2D eigenvalue weighted by Crippen LogP contribution is 2.41. The number of hydrogen-bond donors (Lipinski definition) is 1. The smallest absolute Gasteiger partial charge is 0.328 e. The zero-order chi connectivity index (χ0) is 22.9. The first-order valence-electron chi connectivity index (χ1n) is 10.9. The third kappa shape index (κ3) is 4.37. The number of esters is 1. The maximum absolute atomic E-state index is 13.5. The van der Waals surface area contributed by atoms with E-state index in [9.17, 15) is 18.0 Å². The normalized spacial score (nSPS) is 22.8. The van der Waals surface area contributed by atoms with Crippen molar-refractivity contribution in [3.8, 4) is 0 Å². The fourth-order valence-electron chi connectivity index (χ4n) is 4.88. The second-order valence-corrected chi connectivity index (χ2v) is 10.3. The molecule has 3 atom stereocenters. The molecule has 3 unspecified atom stereocenters. The summed E-state index contributed by atoms with van der Waals surface area (Å²) in [4.78, 5) is 27.6. The van der Waals surface area contributed by atoms with Crippen LogP contribution in [0.15, 0.2) is 53.4 Å². The number of methoxy groups -OCH3 is 1. The molecule has 0 bridgehead atoms. The highest BCUT2D eigenvalue weighted by Gasteiger charge is 2.48. The predicted octanol–water partition coefficient (Wildman–Crippen LogP) is 3.74. The summed E-state index contributed by atoms with van der Waals surface area (Å²) in [6.45, 7) is 1.92. The van der Waals surface area contributed by atoms with E-state index < -0.39 is 22.0 Å². The predicted molar refractivity (Wildman–Crippen MR) is 121 cm³/mol. The van der Waals surface area contributed by atoms with E-state index in [1.54, 1.807) is 29.2 Å². The maximum Gasteiger partial charge on any atom is 0.328 e. The first kappa shape index (κ1) is 22.3. The zero-order valence-corrected chi connectivity index (χ0v) is 19.1. The summed E-state index contributed by atoms with van der Waals surface area (Å²) in [5.41, 5.74) is 1.71. The molecule has 7 nitrogen and oxygen atoms in total. The molecule has 2 aromatic carbocycles. The molecule has 4 rings (SSSR count). The Labute approximate surface area is 188 Å². The lowest BCUT2D eigenvalue weighted by atomic mass is 9.84. The number of amides is 1. The molecule has 1 amide bonds. The largest absolute Gasteiger partial charge is 0.467 e. The molecule has 0 spiro atoms. The second kappa shape index (κ2) is 8.94. The highest BCUT2D eigenvalue weighted by atomic mass is 32.2. The van der Waals surface area contributed by atoms with E-state index in [1.165, 1.54) is 19.2 Å². The number of carbonyl (C=O) groups excluding carboxylic acids is 2. The van der Waals surface area contributed by atoms with E-state index in [4.69, 9.17) is 4.74 Å². The summed E-state index contributed by atoms with van der Waals surface area (Å²) in [6, 6.07) is 12.3. The first-order chi connectivity index (χ1) is 15.3. The number of likely N-dealkylation sites (tertiary alicyclic amines) is 1. The number of hydrogen-bond acceptors (Lipinski definition) is 5. The number of sulfonamides is 1. The van der Waals surface area contributed by atoms with E-state index >= 15 is 0 Å². The van der Waals surface area contributed by atoms with Crippen LogP contribution in [0, 0.1) is 12.8 Å². The highest BCUT2D eigenvalue weighted by molar-refractivity contribution is 7.92. The molecule has 0 aromatic heterocycles. The molecule has 2 aromatic rings. The van der Waals surface area contributed by atoms with Gasteiger partial charge < -0.3 is 9.64 Å². The van der Waals surface area contributed by atoms with Gasteiger partial charge in [0.25, 0.3) is 15.9 Å². The van der Waals surface area contributed by atoms with Gasteiger partial charge in [-0.3, -0.25) is 9.52 Å². The Kier molecular flexibility index (Phi) is 6.24. The lowest BCUT2D eigenvalue weighted by Crippen LogP contribution is -2.46. The number of anilines is 1. The van der Waals surface area contributed by atoms with Crippen molar-refractivity contribution in [1.82, 2.24) is 4.90 Å². The number of rotatable bonds is 5. The quantitative estimate of drug-likeness (QED) is 0.692. The molecular weight excluding hydrogens is 428 g/mol. The van der Waals surface area contributed by atoms with Gasteiger partial charge in [-0.25, -0.2) is 13.2 Å². The molecule has 32 heavy (non-hydrogen) atoms. The Balaban J connectivity index is 1.62. The summed E-state index contributed by atoms with van der Waals surface area (Å²) in [7, 11) is -2.55. The topological polar surface area (TPSA) is 92.8 Å². The average molecular weight is 457 g/mol. The monoisotopic (exact) mass is 456 g/mol. The van der Waals surface area contributed by atoms with Gasteiger partial charge in [0.15, 0.2) is 0 Å². The molecule has 2 fully saturated rings. The number of aryl methyl sites for hydroxylation is 1. The van der Waals surface area contributed by atoms with Crippen LogP contribution in [-0.2, 0) is 19.6 Å². The Bertz CT molecular complexity index is 1110. The van der Waals surface area contributed by atoms with Crippen LogP contribution >= 0.6 is 0 Å². The van der Waals surface area contributed by atoms with E-state index in [0.29, 0.717) is 12.1 Å². The van der Waals surface area contributed by atoms with Gasteiger partial charge in [-0.15, -0.1) is 0 Å². The minimum absolute atomic E-state index is 0.00191. The van der Waals surface area contributed by atoms with Gasteiger partial charge in [-0.05, 0) is 62.4 Å². The van der Waals surface area contributed by atoms with Crippen LogP contribution in [-0.4, -0.2) is 44.4 Å². The minimum Gasteiger partial charge on any atom is -0.467 e. The zero-order valence-electron chi connectivity index (χ0n) is 18.3. The van der Waals surface area contributed by atoms with Gasteiger partial charge in [0.05, 0.1) is 12.0 Å². The van der Waals surface area contributed by atoms with Crippen LogP contribution in [0.4, 0.5) is 5.69 Å². The van der Waals surface area contributed by atoms with Crippen molar-refractivity contribution in [2.75, 3.05) is 11.8 Å². The molecule has 0 radical (unpaired) electrons. The van der Waals surface area contributed by atoms with E-state index in [2.05, 4.69) is 4.72 Å². The molecule has 1 N–H and O–H groups in total. The fraction of sp³-hybridized carbons (Fsp3) is 0.417. The number of carbonyl (C=O) groups is 2. The number of fused-ring (bicyclic) bond motifs is 1. The summed E-state index contributed by atoms with van der Waals surface area (Å²) in [6.07, 6.45) is 4.52. The number of benzene rings is 2. The van der Waals surface area contributed by atoms with Crippen LogP contribution < -0.4 is 4.72 Å². The minimum atomic E-state index is -3.88.